The van der Waals surface area contributed by atoms with Crippen LogP contribution >= 0.6 is 0 Å². The van der Waals surface area contributed by atoms with Crippen molar-refractivity contribution in [2.75, 3.05) is 20.2 Å². The SMILES string of the molecule is CO/N=C1/CN[C@H]1CN. The summed E-state index contributed by atoms with van der Waals surface area (Å²) < 4.78 is 0. The van der Waals surface area contributed by atoms with Crippen LogP contribution in [0.4, 0.5) is 0 Å². The van der Waals surface area contributed by atoms with Gasteiger partial charge in [0.05, 0.1) is 11.8 Å². The lowest BCUT2D eigenvalue weighted by molar-refractivity contribution is 0.208. The first-order valence-corrected chi connectivity index (χ1v) is 2.92. The lowest BCUT2D eigenvalue weighted by atomic mass is 10.1. The van der Waals surface area contributed by atoms with Gasteiger partial charge in [-0.2, -0.15) is 0 Å². The van der Waals surface area contributed by atoms with Gasteiger partial charge in [-0.1, -0.05) is 5.16 Å². The van der Waals surface area contributed by atoms with Crippen molar-refractivity contribution in [2.24, 2.45) is 10.9 Å². The molecule has 0 radical (unpaired) electrons. The average molecular weight is 129 g/mol. The number of rotatable bonds is 2. The van der Waals surface area contributed by atoms with Gasteiger partial charge in [0.1, 0.15) is 7.11 Å². The van der Waals surface area contributed by atoms with Crippen molar-refractivity contribution in [1.82, 2.24) is 5.32 Å². The van der Waals surface area contributed by atoms with Gasteiger partial charge in [-0.25, -0.2) is 0 Å². The van der Waals surface area contributed by atoms with E-state index in [1.54, 1.807) is 7.11 Å². The van der Waals surface area contributed by atoms with Crippen molar-refractivity contribution < 1.29 is 4.84 Å². The average Bonchev–Trinajstić information content (AvgIpc) is 1.82. The Morgan fingerprint density at radius 3 is 3.11 bits per heavy atom. The molecule has 1 rings (SSSR count). The summed E-state index contributed by atoms with van der Waals surface area (Å²) in [6.45, 7) is 1.41. The smallest absolute Gasteiger partial charge is 0.106 e. The van der Waals surface area contributed by atoms with Crippen LogP contribution in [0.5, 0.6) is 0 Å². The van der Waals surface area contributed by atoms with Gasteiger partial charge in [0, 0.05) is 13.1 Å². The summed E-state index contributed by atoms with van der Waals surface area (Å²) >= 11 is 0. The fraction of sp³-hybridized carbons (Fsp3) is 0.800. The van der Waals surface area contributed by atoms with Crippen LogP contribution in [-0.4, -0.2) is 32.0 Å². The highest BCUT2D eigenvalue weighted by molar-refractivity contribution is 5.96. The Morgan fingerprint density at radius 1 is 2.00 bits per heavy atom. The highest BCUT2D eigenvalue weighted by atomic mass is 16.6. The van der Waals surface area contributed by atoms with Gasteiger partial charge in [0.2, 0.25) is 0 Å². The van der Waals surface area contributed by atoms with Gasteiger partial charge in [0.15, 0.2) is 0 Å². The van der Waals surface area contributed by atoms with Gasteiger partial charge in [-0.15, -0.1) is 0 Å². The number of nitrogens with one attached hydrogen (secondary N) is 1. The highest BCUT2D eigenvalue weighted by Gasteiger charge is 2.23. The predicted molar refractivity (Wildman–Crippen MR) is 35.3 cm³/mol. The second-order valence-corrected chi connectivity index (χ2v) is 1.93. The van der Waals surface area contributed by atoms with E-state index >= 15 is 0 Å². The molecule has 52 valence electrons. The summed E-state index contributed by atoms with van der Waals surface area (Å²) in [5.41, 5.74) is 6.37. The van der Waals surface area contributed by atoms with E-state index in [4.69, 9.17) is 5.73 Å². The third-order valence-corrected chi connectivity index (χ3v) is 1.38. The fourth-order valence-corrected chi connectivity index (χ4v) is 0.770. The van der Waals surface area contributed by atoms with Crippen LogP contribution in [0.25, 0.3) is 0 Å². The summed E-state index contributed by atoms with van der Waals surface area (Å²) in [6, 6.07) is 0.255. The molecular formula is C5H11N3O. The summed E-state index contributed by atoms with van der Waals surface area (Å²) in [5.74, 6) is 0. The largest absolute Gasteiger partial charge is 0.399 e. The zero-order valence-electron chi connectivity index (χ0n) is 5.42. The van der Waals surface area contributed by atoms with Gasteiger partial charge in [-0.05, 0) is 0 Å². The lowest BCUT2D eigenvalue weighted by Gasteiger charge is -2.27. The van der Waals surface area contributed by atoms with Crippen molar-refractivity contribution >= 4 is 5.71 Å². The van der Waals surface area contributed by atoms with E-state index in [0.717, 1.165) is 12.3 Å². The van der Waals surface area contributed by atoms with E-state index in [2.05, 4.69) is 15.3 Å². The summed E-state index contributed by atoms with van der Waals surface area (Å²) in [7, 11) is 1.54. The zero-order valence-corrected chi connectivity index (χ0v) is 5.42. The molecule has 0 unspecified atom stereocenters. The molecule has 0 saturated carbocycles. The third kappa shape index (κ3) is 1.20. The minimum absolute atomic E-state index is 0.255. The standard InChI is InChI=1S/C5H11N3O/c1-9-8-5-3-7-4(5)2-6/h4,7H,2-3,6H2,1H3/b8-5-/t4-/m0/s1. The normalized spacial score (nSPS) is 30.0. The maximum atomic E-state index is 5.36. The second-order valence-electron chi connectivity index (χ2n) is 1.93. The van der Waals surface area contributed by atoms with Crippen molar-refractivity contribution in [3.8, 4) is 0 Å². The van der Waals surface area contributed by atoms with E-state index in [-0.39, 0.29) is 6.04 Å². The Morgan fingerprint density at radius 2 is 2.78 bits per heavy atom. The Labute approximate surface area is 54.0 Å². The molecule has 0 aromatic rings. The minimum atomic E-state index is 0.255. The third-order valence-electron chi connectivity index (χ3n) is 1.38. The van der Waals surface area contributed by atoms with Crippen LogP contribution in [0.15, 0.2) is 5.16 Å². The quantitative estimate of drug-likeness (QED) is 0.466. The maximum Gasteiger partial charge on any atom is 0.106 e. The molecule has 0 aromatic carbocycles. The van der Waals surface area contributed by atoms with E-state index < -0.39 is 0 Å². The Kier molecular flexibility index (Phi) is 2.02. The van der Waals surface area contributed by atoms with Crippen LogP contribution in [0.2, 0.25) is 0 Å². The maximum absolute atomic E-state index is 5.36. The summed E-state index contributed by atoms with van der Waals surface area (Å²) in [5, 5.41) is 6.85. The fourth-order valence-electron chi connectivity index (χ4n) is 0.770. The van der Waals surface area contributed by atoms with Crippen LogP contribution in [-0.2, 0) is 4.84 Å². The topological polar surface area (TPSA) is 59.6 Å². The Balaban J connectivity index is 2.35. The first-order chi connectivity index (χ1) is 4.38. The lowest BCUT2D eigenvalue weighted by Crippen LogP contribution is -2.57. The molecule has 4 nitrogen and oxygen atoms in total. The number of hydrogen-bond acceptors (Lipinski definition) is 4. The molecule has 0 aliphatic carbocycles. The molecular weight excluding hydrogens is 118 g/mol. The first-order valence-electron chi connectivity index (χ1n) is 2.92. The summed E-state index contributed by atoms with van der Waals surface area (Å²) in [4.78, 5) is 4.57. The monoisotopic (exact) mass is 129 g/mol. The van der Waals surface area contributed by atoms with Crippen LogP contribution in [0.1, 0.15) is 0 Å². The molecule has 1 aliphatic heterocycles. The number of hydrogen-bond donors (Lipinski definition) is 2. The molecule has 1 fully saturated rings. The van der Waals surface area contributed by atoms with Crippen molar-refractivity contribution in [3.63, 3.8) is 0 Å². The molecule has 0 amide bonds. The predicted octanol–water partition coefficient (Wildman–Crippen LogP) is -1.08. The Bertz CT molecular complexity index is 121. The van der Waals surface area contributed by atoms with Gasteiger partial charge < -0.3 is 15.9 Å². The highest BCUT2D eigenvalue weighted by Crippen LogP contribution is 1.97. The van der Waals surface area contributed by atoms with Crippen LogP contribution in [0, 0.1) is 0 Å². The molecule has 9 heavy (non-hydrogen) atoms. The van der Waals surface area contributed by atoms with Gasteiger partial charge in [0.25, 0.3) is 0 Å². The van der Waals surface area contributed by atoms with Gasteiger partial charge in [-0.3, -0.25) is 0 Å². The molecule has 1 heterocycles. The van der Waals surface area contributed by atoms with E-state index in [0.29, 0.717) is 6.54 Å². The summed E-state index contributed by atoms with van der Waals surface area (Å²) in [6.07, 6.45) is 0. The number of nitrogens with two attached hydrogens (primary N) is 1. The Hall–Kier alpha value is -0.610. The molecule has 4 heteroatoms. The molecule has 3 N–H and O–H groups in total. The van der Waals surface area contributed by atoms with Crippen molar-refractivity contribution in [3.05, 3.63) is 0 Å². The molecule has 1 atom stereocenters. The first kappa shape index (κ1) is 6.51. The molecule has 1 saturated heterocycles. The second kappa shape index (κ2) is 2.80. The van der Waals surface area contributed by atoms with Crippen molar-refractivity contribution in [1.29, 1.82) is 0 Å². The molecule has 0 spiro atoms. The molecule has 0 bridgehead atoms. The van der Waals surface area contributed by atoms with Gasteiger partial charge >= 0.3 is 0 Å². The van der Waals surface area contributed by atoms with Crippen molar-refractivity contribution in [2.45, 2.75) is 6.04 Å². The molecule has 0 aromatic heterocycles. The zero-order chi connectivity index (χ0) is 6.69. The molecule has 1 aliphatic rings. The van der Waals surface area contributed by atoms with E-state index in [1.807, 2.05) is 0 Å². The number of oxime groups is 1. The van der Waals surface area contributed by atoms with Crippen LogP contribution < -0.4 is 11.1 Å². The minimum Gasteiger partial charge on any atom is -0.399 e. The van der Waals surface area contributed by atoms with Crippen LogP contribution in [0.3, 0.4) is 0 Å². The number of nitrogens with zero attached hydrogens (tertiary/aromatic N) is 1. The van der Waals surface area contributed by atoms with E-state index in [1.165, 1.54) is 0 Å². The van der Waals surface area contributed by atoms with E-state index in [9.17, 15) is 0 Å².